The Bertz CT molecular complexity index is 676. The van der Waals surface area contributed by atoms with Crippen LogP contribution in [-0.2, 0) is 6.61 Å². The number of anilines is 1. The predicted octanol–water partition coefficient (Wildman–Crippen LogP) is 0.330. The zero-order valence-electron chi connectivity index (χ0n) is 12.0. The van der Waals surface area contributed by atoms with Crippen LogP contribution in [0.25, 0.3) is 0 Å². The van der Waals surface area contributed by atoms with E-state index >= 15 is 0 Å². The summed E-state index contributed by atoms with van der Waals surface area (Å²) in [5.74, 6) is -0.721. The first-order valence-corrected chi connectivity index (χ1v) is 7.36. The number of aromatic nitrogens is 2. The van der Waals surface area contributed by atoms with E-state index in [4.69, 9.17) is 15.6 Å². The highest BCUT2D eigenvalue weighted by molar-refractivity contribution is 7.11. The zero-order valence-corrected chi connectivity index (χ0v) is 12.8. The molecule has 9 nitrogen and oxygen atoms in total. The number of pyridine rings is 1. The smallest absolute Gasteiger partial charge is 0.319 e. The van der Waals surface area contributed by atoms with Crippen LogP contribution in [0.5, 0.6) is 5.88 Å². The Morgan fingerprint density at radius 2 is 2.26 bits per heavy atom. The van der Waals surface area contributed by atoms with Crippen LogP contribution < -0.4 is 21.1 Å². The van der Waals surface area contributed by atoms with Gasteiger partial charge in [-0.15, -0.1) is 0 Å². The van der Waals surface area contributed by atoms with Crippen molar-refractivity contribution in [3.05, 3.63) is 35.7 Å². The Morgan fingerprint density at radius 1 is 1.43 bits per heavy atom. The van der Waals surface area contributed by atoms with Gasteiger partial charge in [0.15, 0.2) is 0 Å². The molecule has 10 heteroatoms. The molecule has 0 bridgehead atoms. The van der Waals surface area contributed by atoms with Crippen LogP contribution in [0, 0.1) is 0 Å². The monoisotopic (exact) mass is 337 g/mol. The maximum absolute atomic E-state index is 11.6. The van der Waals surface area contributed by atoms with E-state index in [-0.39, 0.29) is 36.2 Å². The van der Waals surface area contributed by atoms with E-state index in [0.717, 1.165) is 17.1 Å². The van der Waals surface area contributed by atoms with Crippen molar-refractivity contribution in [1.29, 1.82) is 0 Å². The first-order valence-electron chi connectivity index (χ1n) is 6.58. The highest BCUT2D eigenvalue weighted by Crippen LogP contribution is 2.30. The van der Waals surface area contributed by atoms with Crippen molar-refractivity contribution >= 4 is 28.5 Å². The fourth-order valence-electron chi connectivity index (χ4n) is 1.63. The molecule has 0 atom stereocenters. The Balaban J connectivity index is 2.08. The molecule has 0 unspecified atom stereocenters. The number of ether oxygens (including phenoxy) is 1. The number of nitrogens with two attached hydrogens (primary N) is 1. The Kier molecular flexibility index (Phi) is 5.83. The Hall–Kier alpha value is -2.72. The molecule has 2 aromatic rings. The molecule has 23 heavy (non-hydrogen) atoms. The molecule has 2 aromatic heterocycles. The van der Waals surface area contributed by atoms with E-state index in [0.29, 0.717) is 0 Å². The van der Waals surface area contributed by atoms with Gasteiger partial charge in [0.25, 0.3) is 5.91 Å². The molecule has 0 spiro atoms. The molecule has 0 saturated heterocycles. The number of nitrogens with zero attached hydrogens (tertiary/aromatic N) is 2. The average Bonchev–Trinajstić information content (AvgIpc) is 2.94. The standard InChI is InChI=1S/C13H15N5O4S/c14-10(20)9-11(22-7-8-2-1-3-15-6-8)18-23-12(9)17-13(21)16-4-5-19/h1-3,6,19H,4-5,7H2,(H2,14,20)(H2,16,17,21). The van der Waals surface area contributed by atoms with Gasteiger partial charge in [-0.1, -0.05) is 6.07 Å². The van der Waals surface area contributed by atoms with Gasteiger partial charge in [-0.3, -0.25) is 15.1 Å². The minimum atomic E-state index is -0.766. The molecule has 2 heterocycles. The summed E-state index contributed by atoms with van der Waals surface area (Å²) in [4.78, 5) is 27.1. The third-order valence-corrected chi connectivity index (χ3v) is 3.38. The molecule has 0 fully saturated rings. The number of carbonyl (C=O) groups is 2. The summed E-state index contributed by atoms with van der Waals surface area (Å²) in [6.07, 6.45) is 3.26. The number of hydrogen-bond acceptors (Lipinski definition) is 7. The highest BCUT2D eigenvalue weighted by atomic mass is 32.1. The van der Waals surface area contributed by atoms with Crippen molar-refractivity contribution < 1.29 is 19.4 Å². The number of aliphatic hydroxyl groups is 1. The molecule has 0 aromatic carbocycles. The van der Waals surface area contributed by atoms with Gasteiger partial charge in [0.05, 0.1) is 6.61 Å². The van der Waals surface area contributed by atoms with Crippen LogP contribution in [0.4, 0.5) is 9.80 Å². The predicted molar refractivity (Wildman–Crippen MR) is 83.3 cm³/mol. The van der Waals surface area contributed by atoms with Gasteiger partial charge in [0.1, 0.15) is 17.2 Å². The van der Waals surface area contributed by atoms with Gasteiger partial charge in [-0.25, -0.2) is 4.79 Å². The van der Waals surface area contributed by atoms with E-state index in [2.05, 4.69) is 20.0 Å². The maximum Gasteiger partial charge on any atom is 0.319 e. The van der Waals surface area contributed by atoms with Crippen LogP contribution in [0.2, 0.25) is 0 Å². The van der Waals surface area contributed by atoms with Crippen molar-refractivity contribution in [1.82, 2.24) is 14.7 Å². The molecule has 0 aliphatic carbocycles. The number of urea groups is 1. The first-order chi connectivity index (χ1) is 11.1. The number of hydrogen-bond donors (Lipinski definition) is 4. The minimum Gasteiger partial charge on any atom is -0.472 e. The highest BCUT2D eigenvalue weighted by Gasteiger charge is 2.21. The molecule has 2 rings (SSSR count). The number of nitrogens with one attached hydrogen (secondary N) is 2. The van der Waals surface area contributed by atoms with Gasteiger partial charge in [0, 0.05) is 24.5 Å². The molecular weight excluding hydrogens is 322 g/mol. The van der Waals surface area contributed by atoms with E-state index in [1.165, 1.54) is 0 Å². The van der Waals surface area contributed by atoms with E-state index < -0.39 is 11.9 Å². The third kappa shape index (κ3) is 4.63. The van der Waals surface area contributed by atoms with Gasteiger partial charge < -0.3 is 20.9 Å². The van der Waals surface area contributed by atoms with E-state index in [1.54, 1.807) is 18.5 Å². The lowest BCUT2D eigenvalue weighted by atomic mass is 10.3. The SMILES string of the molecule is NC(=O)c1c(OCc2cccnc2)nsc1NC(=O)NCCO. The Labute approximate surface area is 135 Å². The van der Waals surface area contributed by atoms with Gasteiger partial charge in [-0.2, -0.15) is 4.37 Å². The molecule has 0 aliphatic rings. The summed E-state index contributed by atoms with van der Waals surface area (Å²) in [5, 5.41) is 13.7. The van der Waals surface area contributed by atoms with E-state index in [9.17, 15) is 9.59 Å². The number of rotatable bonds is 7. The zero-order chi connectivity index (χ0) is 16.7. The van der Waals surface area contributed by atoms with Gasteiger partial charge in [0.2, 0.25) is 5.88 Å². The summed E-state index contributed by atoms with van der Waals surface area (Å²) in [5.41, 5.74) is 6.12. The normalized spacial score (nSPS) is 10.1. The fourth-order valence-corrected chi connectivity index (χ4v) is 2.36. The van der Waals surface area contributed by atoms with Crippen molar-refractivity contribution in [2.24, 2.45) is 5.73 Å². The lowest BCUT2D eigenvalue weighted by Crippen LogP contribution is -2.31. The quantitative estimate of drug-likeness (QED) is 0.574. The summed E-state index contributed by atoms with van der Waals surface area (Å²) in [6, 6.07) is 2.99. The summed E-state index contributed by atoms with van der Waals surface area (Å²) < 4.78 is 9.47. The molecule has 3 amide bonds. The van der Waals surface area contributed by atoms with Crippen LogP contribution in [0.3, 0.4) is 0 Å². The van der Waals surface area contributed by atoms with E-state index in [1.807, 2.05) is 6.07 Å². The first kappa shape index (κ1) is 16.6. The van der Waals surface area contributed by atoms with Crippen LogP contribution in [0.1, 0.15) is 15.9 Å². The molecule has 0 radical (unpaired) electrons. The molecule has 0 saturated carbocycles. The molecule has 122 valence electrons. The second-order valence-corrected chi connectivity index (χ2v) is 5.08. The summed E-state index contributed by atoms with van der Waals surface area (Å²) in [7, 11) is 0. The number of aliphatic hydroxyl groups excluding tert-OH is 1. The van der Waals surface area contributed by atoms with Crippen molar-refractivity contribution in [2.75, 3.05) is 18.5 Å². The largest absolute Gasteiger partial charge is 0.472 e. The third-order valence-electron chi connectivity index (χ3n) is 2.63. The minimum absolute atomic E-state index is 0.00182. The van der Waals surface area contributed by atoms with Gasteiger partial charge in [-0.05, 0) is 17.6 Å². The fraction of sp³-hybridized carbons (Fsp3) is 0.231. The van der Waals surface area contributed by atoms with Crippen LogP contribution >= 0.6 is 11.5 Å². The Morgan fingerprint density at radius 3 is 2.91 bits per heavy atom. The lowest BCUT2D eigenvalue weighted by Gasteiger charge is -2.07. The summed E-state index contributed by atoms with van der Waals surface area (Å²) in [6.45, 7) is 0.0488. The van der Waals surface area contributed by atoms with Crippen molar-refractivity contribution in [2.45, 2.75) is 6.61 Å². The maximum atomic E-state index is 11.6. The number of carbonyl (C=O) groups excluding carboxylic acids is 2. The topological polar surface area (TPSA) is 139 Å². The number of primary amides is 1. The summed E-state index contributed by atoms with van der Waals surface area (Å²) >= 11 is 0.876. The van der Waals surface area contributed by atoms with Crippen LogP contribution in [0.15, 0.2) is 24.5 Å². The van der Waals surface area contributed by atoms with Crippen molar-refractivity contribution in [3.8, 4) is 5.88 Å². The average molecular weight is 337 g/mol. The van der Waals surface area contributed by atoms with Gasteiger partial charge >= 0.3 is 6.03 Å². The molecule has 5 N–H and O–H groups in total. The second kappa shape index (κ2) is 8.06. The van der Waals surface area contributed by atoms with Crippen LogP contribution in [-0.4, -0.2) is 39.6 Å². The molecular formula is C13H15N5O4S. The van der Waals surface area contributed by atoms with Crippen molar-refractivity contribution in [3.63, 3.8) is 0 Å². The molecule has 0 aliphatic heterocycles. The number of amides is 3. The second-order valence-electron chi connectivity index (χ2n) is 4.31. The lowest BCUT2D eigenvalue weighted by molar-refractivity contribution is 0.0996.